The number of rotatable bonds is 1. The van der Waals surface area contributed by atoms with E-state index >= 15 is 0 Å². The molecule has 1 fully saturated rings. The number of aromatic nitrogens is 2. The van der Waals surface area contributed by atoms with Gasteiger partial charge in [0.05, 0.1) is 0 Å². The predicted molar refractivity (Wildman–Crippen MR) is 70.0 cm³/mol. The van der Waals surface area contributed by atoms with E-state index in [-0.39, 0.29) is 6.09 Å². The topological polar surface area (TPSA) is 67.3 Å². The molecule has 0 bridgehead atoms. The summed E-state index contributed by atoms with van der Waals surface area (Å²) in [4.78, 5) is 21.7. The van der Waals surface area contributed by atoms with E-state index < -0.39 is 0 Å². The Labute approximate surface area is 113 Å². The summed E-state index contributed by atoms with van der Waals surface area (Å²) in [5.74, 6) is 0.908. The molecule has 0 spiro atoms. The summed E-state index contributed by atoms with van der Waals surface area (Å²) >= 11 is 2.07. The lowest BCUT2D eigenvalue weighted by atomic mass is 10.4. The van der Waals surface area contributed by atoms with Crippen molar-refractivity contribution in [3.63, 3.8) is 0 Å². The van der Waals surface area contributed by atoms with Crippen molar-refractivity contribution < 1.29 is 9.53 Å². The van der Waals surface area contributed by atoms with Crippen LogP contribution in [0.15, 0.2) is 6.07 Å². The van der Waals surface area contributed by atoms with Gasteiger partial charge in [-0.15, -0.1) is 0 Å². The van der Waals surface area contributed by atoms with Crippen LogP contribution < -0.4 is 10.1 Å². The average molecular weight is 348 g/mol. The minimum Gasteiger partial charge on any atom is -0.391 e. The molecule has 0 aliphatic carbocycles. The van der Waals surface area contributed by atoms with E-state index in [0.29, 0.717) is 24.8 Å². The highest BCUT2D eigenvalue weighted by atomic mass is 127. The van der Waals surface area contributed by atoms with E-state index in [2.05, 4.69) is 37.9 Å². The second kappa shape index (κ2) is 5.58. The molecule has 1 saturated heterocycles. The molecule has 6 nitrogen and oxygen atoms in total. The summed E-state index contributed by atoms with van der Waals surface area (Å²) in [7, 11) is 0. The molecule has 17 heavy (non-hydrogen) atoms. The summed E-state index contributed by atoms with van der Waals surface area (Å²) in [6, 6.07) is 1.65. The van der Waals surface area contributed by atoms with Crippen molar-refractivity contribution in [1.29, 1.82) is 0 Å². The lowest BCUT2D eigenvalue weighted by Crippen LogP contribution is -2.47. The van der Waals surface area contributed by atoms with E-state index in [1.54, 1.807) is 17.9 Å². The Kier molecular flexibility index (Phi) is 4.11. The van der Waals surface area contributed by atoms with Gasteiger partial charge >= 0.3 is 6.09 Å². The van der Waals surface area contributed by atoms with Crippen LogP contribution in [0.1, 0.15) is 5.82 Å². The van der Waals surface area contributed by atoms with Crippen LogP contribution >= 0.6 is 22.6 Å². The highest BCUT2D eigenvalue weighted by Gasteiger charge is 2.18. The van der Waals surface area contributed by atoms with Gasteiger partial charge in [-0.05, 0) is 29.5 Å². The molecular weight excluding hydrogens is 335 g/mol. The van der Waals surface area contributed by atoms with Gasteiger partial charge in [0, 0.05) is 32.2 Å². The summed E-state index contributed by atoms with van der Waals surface area (Å²) in [5.41, 5.74) is 0. The zero-order valence-corrected chi connectivity index (χ0v) is 11.6. The Bertz CT molecular complexity index is 401. The summed E-state index contributed by atoms with van der Waals surface area (Å²) in [5, 5.41) is 3.18. The van der Waals surface area contributed by atoms with Crippen LogP contribution in [0.4, 0.5) is 4.79 Å². The number of carbonyl (C=O) groups is 1. The first-order chi connectivity index (χ1) is 8.15. The highest BCUT2D eigenvalue weighted by molar-refractivity contribution is 14.1. The third kappa shape index (κ3) is 3.50. The Morgan fingerprint density at radius 1 is 1.47 bits per heavy atom. The normalized spacial score (nSPS) is 15.8. The second-order valence-corrected chi connectivity index (χ2v) is 4.79. The van der Waals surface area contributed by atoms with Crippen molar-refractivity contribution in [1.82, 2.24) is 20.2 Å². The molecule has 1 aromatic rings. The van der Waals surface area contributed by atoms with Gasteiger partial charge in [0.15, 0.2) is 0 Å². The smallest absolute Gasteiger partial charge is 0.391 e. The van der Waals surface area contributed by atoms with Gasteiger partial charge in [-0.2, -0.15) is 4.98 Å². The van der Waals surface area contributed by atoms with Crippen LogP contribution in [0, 0.1) is 10.6 Å². The van der Waals surface area contributed by atoms with Gasteiger partial charge in [-0.1, -0.05) is 0 Å². The fraction of sp³-hybridized carbons (Fsp3) is 0.500. The van der Waals surface area contributed by atoms with Gasteiger partial charge in [-0.3, -0.25) is 0 Å². The average Bonchev–Trinajstić information content (AvgIpc) is 2.28. The van der Waals surface area contributed by atoms with Crippen molar-refractivity contribution in [3.05, 3.63) is 15.6 Å². The van der Waals surface area contributed by atoms with Crippen molar-refractivity contribution in [2.24, 2.45) is 0 Å². The fourth-order valence-corrected chi connectivity index (χ4v) is 2.17. The van der Waals surface area contributed by atoms with E-state index in [1.165, 1.54) is 0 Å². The van der Waals surface area contributed by atoms with Crippen LogP contribution in [-0.4, -0.2) is 47.1 Å². The molecule has 92 valence electrons. The monoisotopic (exact) mass is 348 g/mol. The molecule has 0 unspecified atom stereocenters. The summed E-state index contributed by atoms with van der Waals surface area (Å²) in [6.07, 6.45) is -0.347. The quantitative estimate of drug-likeness (QED) is 0.601. The van der Waals surface area contributed by atoms with Crippen LogP contribution in [0.25, 0.3) is 0 Å². The maximum Gasteiger partial charge on any atom is 0.416 e. The standard InChI is InChI=1S/C10H13IN4O2/c1-7-13-8(11)6-9(14-7)17-10(16)15-4-2-12-3-5-15/h6,12H,2-5H2,1H3. The van der Waals surface area contributed by atoms with Crippen LogP contribution in [0.2, 0.25) is 0 Å². The maximum absolute atomic E-state index is 11.8. The van der Waals surface area contributed by atoms with E-state index in [0.717, 1.165) is 16.8 Å². The number of hydrogen-bond donors (Lipinski definition) is 1. The summed E-state index contributed by atoms with van der Waals surface area (Å²) < 4.78 is 5.98. The molecule has 1 aromatic heterocycles. The van der Waals surface area contributed by atoms with Crippen molar-refractivity contribution in [2.45, 2.75) is 6.92 Å². The molecule has 0 saturated carbocycles. The van der Waals surface area contributed by atoms with Crippen molar-refractivity contribution in [3.8, 4) is 5.88 Å². The van der Waals surface area contributed by atoms with Crippen LogP contribution in [-0.2, 0) is 0 Å². The third-order valence-electron chi connectivity index (χ3n) is 2.35. The Balaban J connectivity index is 2.01. The Morgan fingerprint density at radius 3 is 2.82 bits per heavy atom. The molecule has 1 N–H and O–H groups in total. The van der Waals surface area contributed by atoms with Crippen molar-refractivity contribution >= 4 is 28.7 Å². The number of piperazine rings is 1. The largest absolute Gasteiger partial charge is 0.416 e. The van der Waals surface area contributed by atoms with Crippen molar-refractivity contribution in [2.75, 3.05) is 26.2 Å². The molecule has 0 atom stereocenters. The zero-order valence-electron chi connectivity index (χ0n) is 9.44. The Hall–Kier alpha value is -0.960. The number of aryl methyl sites for hydroxylation is 1. The number of hydrogen-bond acceptors (Lipinski definition) is 5. The minimum absolute atomic E-state index is 0.311. The molecule has 1 aliphatic heterocycles. The molecule has 2 heterocycles. The number of ether oxygens (including phenoxy) is 1. The predicted octanol–water partition coefficient (Wildman–Crippen LogP) is 0.794. The minimum atomic E-state index is -0.347. The first-order valence-corrected chi connectivity index (χ1v) is 6.42. The number of nitrogens with zero attached hydrogens (tertiary/aromatic N) is 3. The van der Waals surface area contributed by atoms with Gasteiger partial charge < -0.3 is 15.0 Å². The molecule has 1 amide bonds. The Morgan fingerprint density at radius 2 is 2.18 bits per heavy atom. The highest BCUT2D eigenvalue weighted by Crippen LogP contribution is 2.12. The lowest BCUT2D eigenvalue weighted by molar-refractivity contribution is 0.144. The SMILES string of the molecule is Cc1nc(I)cc(OC(=O)N2CCNCC2)n1. The molecule has 2 rings (SSSR count). The molecule has 0 aromatic carbocycles. The van der Waals surface area contributed by atoms with E-state index in [4.69, 9.17) is 4.74 Å². The number of nitrogens with one attached hydrogen (secondary N) is 1. The summed E-state index contributed by atoms with van der Waals surface area (Å²) in [6.45, 7) is 4.70. The maximum atomic E-state index is 11.8. The third-order valence-corrected chi connectivity index (χ3v) is 2.90. The number of amides is 1. The molecule has 0 radical (unpaired) electrons. The van der Waals surface area contributed by atoms with Gasteiger partial charge in [0.2, 0.25) is 5.88 Å². The first-order valence-electron chi connectivity index (χ1n) is 5.34. The van der Waals surface area contributed by atoms with E-state index in [9.17, 15) is 4.79 Å². The first kappa shape index (κ1) is 12.5. The number of carbonyl (C=O) groups excluding carboxylic acids is 1. The molecule has 7 heteroatoms. The van der Waals surface area contributed by atoms with Gasteiger partial charge in [-0.25, -0.2) is 9.78 Å². The zero-order chi connectivity index (χ0) is 12.3. The molecule has 1 aliphatic rings. The van der Waals surface area contributed by atoms with Crippen LogP contribution in [0.3, 0.4) is 0 Å². The molecular formula is C10H13IN4O2. The van der Waals surface area contributed by atoms with Crippen LogP contribution in [0.5, 0.6) is 5.88 Å². The number of halogens is 1. The van der Waals surface area contributed by atoms with E-state index in [1.807, 2.05) is 0 Å². The van der Waals surface area contributed by atoms with Gasteiger partial charge in [0.1, 0.15) is 9.53 Å². The lowest BCUT2D eigenvalue weighted by Gasteiger charge is -2.26. The fourth-order valence-electron chi connectivity index (χ4n) is 1.56. The second-order valence-electron chi connectivity index (χ2n) is 3.68. The van der Waals surface area contributed by atoms with Gasteiger partial charge in [0.25, 0.3) is 0 Å².